The Balaban J connectivity index is 1.71. The quantitative estimate of drug-likeness (QED) is 0.798. The highest BCUT2D eigenvalue weighted by Crippen LogP contribution is 2.09. The molecule has 2 atom stereocenters. The summed E-state index contributed by atoms with van der Waals surface area (Å²) < 4.78 is 5.15. The Kier molecular flexibility index (Phi) is 6.06. The molecule has 0 amide bonds. The largest absolute Gasteiger partial charge is 0.466 e. The molecule has 1 heterocycles. The Bertz CT molecular complexity index is 405. The van der Waals surface area contributed by atoms with Gasteiger partial charge in [0, 0.05) is 6.42 Å². The zero-order chi connectivity index (χ0) is 14.2. The molecule has 0 bridgehead atoms. The van der Waals surface area contributed by atoms with Crippen molar-refractivity contribution in [1.82, 2.24) is 0 Å². The maximum absolute atomic E-state index is 11.8. The van der Waals surface area contributed by atoms with E-state index in [0.717, 1.165) is 32.4 Å². The van der Waals surface area contributed by atoms with Crippen LogP contribution in [0.4, 0.5) is 0 Å². The van der Waals surface area contributed by atoms with Crippen molar-refractivity contribution in [3.8, 4) is 0 Å². The first kappa shape index (κ1) is 15.0. The fraction of sp³-hybridized carbons (Fsp3) is 0.588. The lowest BCUT2D eigenvalue weighted by Crippen LogP contribution is -3.13. The molecule has 3 heteroatoms. The van der Waals surface area contributed by atoms with Gasteiger partial charge in [0.1, 0.15) is 5.92 Å². The van der Waals surface area contributed by atoms with E-state index in [4.69, 9.17) is 4.74 Å². The number of ether oxygens (including phenoxy) is 1. The van der Waals surface area contributed by atoms with Crippen LogP contribution in [-0.2, 0) is 16.0 Å². The van der Waals surface area contributed by atoms with Gasteiger partial charge in [-0.3, -0.25) is 4.79 Å². The molecule has 1 aromatic carbocycles. The molecule has 1 N–H and O–H groups in total. The molecule has 0 aromatic heterocycles. The topological polar surface area (TPSA) is 30.7 Å². The molecule has 1 saturated heterocycles. The van der Waals surface area contributed by atoms with E-state index in [1.54, 1.807) is 4.90 Å². The highest BCUT2D eigenvalue weighted by Gasteiger charge is 2.29. The van der Waals surface area contributed by atoms with Gasteiger partial charge in [-0.05, 0) is 31.7 Å². The van der Waals surface area contributed by atoms with Crippen LogP contribution in [-0.4, -0.2) is 32.2 Å². The number of carbonyl (C=O) groups excluding carboxylic acids is 1. The maximum Gasteiger partial charge on any atom is 0.314 e. The van der Waals surface area contributed by atoms with Gasteiger partial charge in [0.15, 0.2) is 0 Å². The summed E-state index contributed by atoms with van der Waals surface area (Å²) in [5.41, 5.74) is 1.41. The average Bonchev–Trinajstić information content (AvgIpc) is 2.49. The summed E-state index contributed by atoms with van der Waals surface area (Å²) in [6.07, 6.45) is 4.47. The predicted octanol–water partition coefficient (Wildman–Crippen LogP) is 1.48. The molecule has 1 fully saturated rings. The third kappa shape index (κ3) is 4.64. The van der Waals surface area contributed by atoms with Gasteiger partial charge in [0.2, 0.25) is 0 Å². The molecule has 20 heavy (non-hydrogen) atoms. The highest BCUT2D eigenvalue weighted by atomic mass is 16.5. The number of piperidine rings is 1. The Hall–Kier alpha value is -1.35. The summed E-state index contributed by atoms with van der Waals surface area (Å²) in [6, 6.07) is 10.6. The first-order valence-electron chi connectivity index (χ1n) is 7.83. The van der Waals surface area contributed by atoms with E-state index in [-0.39, 0.29) is 11.9 Å². The van der Waals surface area contributed by atoms with E-state index in [0.29, 0.717) is 6.61 Å². The van der Waals surface area contributed by atoms with Crippen molar-refractivity contribution in [2.24, 2.45) is 5.92 Å². The second-order valence-corrected chi connectivity index (χ2v) is 5.63. The number of likely N-dealkylation sites (tertiary alicyclic amines) is 1. The number of quaternary nitrogens is 1. The standard InChI is InChI=1S/C17H25NO2/c1-2-20-17(19)16-11-7-13-18(14-16)12-6-10-15-8-4-3-5-9-15/h3-5,8-9,16H,2,6-7,10-14H2,1H3/p+1/t16-/m1/s1. The number of benzene rings is 1. The van der Waals surface area contributed by atoms with Crippen LogP contribution in [0.3, 0.4) is 0 Å². The number of nitrogens with one attached hydrogen (secondary N) is 1. The van der Waals surface area contributed by atoms with E-state index in [1.807, 2.05) is 6.92 Å². The first-order valence-corrected chi connectivity index (χ1v) is 7.83. The van der Waals surface area contributed by atoms with E-state index in [1.165, 1.54) is 18.5 Å². The summed E-state index contributed by atoms with van der Waals surface area (Å²) in [4.78, 5) is 13.4. The van der Waals surface area contributed by atoms with Crippen molar-refractivity contribution < 1.29 is 14.4 Å². The van der Waals surface area contributed by atoms with Crippen LogP contribution < -0.4 is 4.90 Å². The molecule has 2 rings (SSSR count). The predicted molar refractivity (Wildman–Crippen MR) is 79.7 cm³/mol. The van der Waals surface area contributed by atoms with Gasteiger partial charge in [-0.15, -0.1) is 0 Å². The molecule has 1 aromatic rings. The lowest BCUT2D eigenvalue weighted by molar-refractivity contribution is -0.907. The molecular formula is C17H26NO2+. The zero-order valence-electron chi connectivity index (χ0n) is 12.4. The number of aryl methyl sites for hydroxylation is 1. The van der Waals surface area contributed by atoms with Gasteiger partial charge in [-0.25, -0.2) is 0 Å². The minimum absolute atomic E-state index is 0.00718. The van der Waals surface area contributed by atoms with Crippen molar-refractivity contribution in [1.29, 1.82) is 0 Å². The zero-order valence-corrected chi connectivity index (χ0v) is 12.4. The smallest absolute Gasteiger partial charge is 0.314 e. The molecule has 0 saturated carbocycles. The van der Waals surface area contributed by atoms with Crippen molar-refractivity contribution in [2.45, 2.75) is 32.6 Å². The van der Waals surface area contributed by atoms with Crippen LogP contribution in [0, 0.1) is 5.92 Å². The van der Waals surface area contributed by atoms with Crippen molar-refractivity contribution in [2.75, 3.05) is 26.2 Å². The number of rotatable bonds is 6. The third-order valence-corrected chi connectivity index (χ3v) is 4.08. The SMILES string of the molecule is CCOC(=O)[C@@H]1CCC[NH+](CCCc2ccccc2)C1. The summed E-state index contributed by atoms with van der Waals surface area (Å²) in [7, 11) is 0. The molecule has 1 aliphatic heterocycles. The maximum atomic E-state index is 11.8. The number of hydrogen-bond donors (Lipinski definition) is 1. The fourth-order valence-corrected chi connectivity index (χ4v) is 3.03. The van der Waals surface area contributed by atoms with Crippen LogP contribution in [0.2, 0.25) is 0 Å². The molecule has 1 aliphatic rings. The number of esters is 1. The van der Waals surface area contributed by atoms with Gasteiger partial charge in [0.05, 0.1) is 26.2 Å². The summed E-state index contributed by atoms with van der Waals surface area (Å²) in [5, 5.41) is 0. The van der Waals surface area contributed by atoms with Gasteiger partial charge in [-0.1, -0.05) is 30.3 Å². The van der Waals surface area contributed by atoms with E-state index in [9.17, 15) is 4.79 Å². The van der Waals surface area contributed by atoms with Crippen molar-refractivity contribution in [3.05, 3.63) is 35.9 Å². The molecule has 1 unspecified atom stereocenters. The van der Waals surface area contributed by atoms with Crippen LogP contribution in [0.25, 0.3) is 0 Å². The van der Waals surface area contributed by atoms with Gasteiger partial charge in [-0.2, -0.15) is 0 Å². The molecular weight excluding hydrogens is 250 g/mol. The van der Waals surface area contributed by atoms with E-state index in [2.05, 4.69) is 30.3 Å². The molecule has 0 radical (unpaired) electrons. The van der Waals surface area contributed by atoms with E-state index >= 15 is 0 Å². The Morgan fingerprint density at radius 1 is 1.35 bits per heavy atom. The molecule has 3 nitrogen and oxygen atoms in total. The Morgan fingerprint density at radius 2 is 2.15 bits per heavy atom. The highest BCUT2D eigenvalue weighted by molar-refractivity contribution is 5.72. The van der Waals surface area contributed by atoms with Gasteiger partial charge < -0.3 is 9.64 Å². The second kappa shape index (κ2) is 8.05. The lowest BCUT2D eigenvalue weighted by Gasteiger charge is -2.28. The molecule has 0 aliphatic carbocycles. The average molecular weight is 276 g/mol. The van der Waals surface area contributed by atoms with Crippen LogP contribution in [0.5, 0.6) is 0 Å². The Morgan fingerprint density at radius 3 is 2.90 bits per heavy atom. The van der Waals surface area contributed by atoms with Crippen LogP contribution >= 0.6 is 0 Å². The fourth-order valence-electron chi connectivity index (χ4n) is 3.03. The molecule has 110 valence electrons. The summed E-state index contributed by atoms with van der Waals surface area (Å²) in [5.74, 6) is 0.128. The monoisotopic (exact) mass is 276 g/mol. The normalized spacial score (nSPS) is 22.4. The number of hydrogen-bond acceptors (Lipinski definition) is 2. The van der Waals surface area contributed by atoms with E-state index < -0.39 is 0 Å². The van der Waals surface area contributed by atoms with Crippen LogP contribution in [0.1, 0.15) is 31.7 Å². The lowest BCUT2D eigenvalue weighted by atomic mass is 9.98. The molecule has 0 spiro atoms. The second-order valence-electron chi connectivity index (χ2n) is 5.63. The van der Waals surface area contributed by atoms with Crippen molar-refractivity contribution >= 4 is 5.97 Å². The number of carbonyl (C=O) groups is 1. The first-order chi connectivity index (χ1) is 9.79. The van der Waals surface area contributed by atoms with Gasteiger partial charge >= 0.3 is 5.97 Å². The van der Waals surface area contributed by atoms with Crippen molar-refractivity contribution in [3.63, 3.8) is 0 Å². The Labute approximate surface area is 121 Å². The third-order valence-electron chi connectivity index (χ3n) is 4.08. The summed E-state index contributed by atoms with van der Waals surface area (Å²) in [6.45, 7) is 5.69. The summed E-state index contributed by atoms with van der Waals surface area (Å²) >= 11 is 0. The van der Waals surface area contributed by atoms with Gasteiger partial charge in [0.25, 0.3) is 0 Å². The van der Waals surface area contributed by atoms with Crippen LogP contribution in [0.15, 0.2) is 30.3 Å². The minimum atomic E-state index is 0.00718. The minimum Gasteiger partial charge on any atom is -0.466 e.